The average Bonchev–Trinajstić information content (AvgIpc) is 2.23. The van der Waals surface area contributed by atoms with Crippen LogP contribution < -0.4 is 0 Å². The van der Waals surface area contributed by atoms with E-state index in [9.17, 15) is 9.90 Å². The molecule has 2 unspecified atom stereocenters. The van der Waals surface area contributed by atoms with Gasteiger partial charge in [0.15, 0.2) is 0 Å². The minimum absolute atomic E-state index is 0.0992. The smallest absolute Gasteiger partial charge is 0.307 e. The molecule has 0 spiro atoms. The summed E-state index contributed by atoms with van der Waals surface area (Å²) in [7, 11) is 0. The Labute approximate surface area is 106 Å². The van der Waals surface area contributed by atoms with E-state index in [1.165, 1.54) is 0 Å². The van der Waals surface area contributed by atoms with Gasteiger partial charge in [-0.25, -0.2) is 0 Å². The van der Waals surface area contributed by atoms with Crippen molar-refractivity contribution in [2.75, 3.05) is 0 Å². The molecule has 2 heteroatoms. The Hall–Kier alpha value is -0.790. The number of hydrogen-bond acceptors (Lipinski definition) is 1. The summed E-state index contributed by atoms with van der Waals surface area (Å²) in [6.07, 6.45) is 7.11. The molecular formula is C15H28O2. The lowest BCUT2D eigenvalue weighted by molar-refractivity contribution is -0.146. The molecule has 0 aromatic rings. The van der Waals surface area contributed by atoms with Crippen molar-refractivity contribution in [2.24, 2.45) is 17.3 Å². The molecule has 0 aliphatic rings. The Bertz CT molecular complexity index is 243. The van der Waals surface area contributed by atoms with E-state index in [0.717, 1.165) is 25.7 Å². The van der Waals surface area contributed by atoms with Gasteiger partial charge in [0.25, 0.3) is 0 Å². The van der Waals surface area contributed by atoms with Crippen LogP contribution in [0.2, 0.25) is 0 Å². The summed E-state index contributed by atoms with van der Waals surface area (Å²) in [5, 5.41) is 9.18. The molecule has 2 atom stereocenters. The molecule has 0 aliphatic carbocycles. The van der Waals surface area contributed by atoms with Crippen LogP contribution in [0, 0.1) is 17.3 Å². The number of aliphatic carboxylic acids is 1. The van der Waals surface area contributed by atoms with E-state index in [1.54, 1.807) is 0 Å². The first-order valence-corrected chi connectivity index (χ1v) is 6.70. The molecule has 0 radical (unpaired) electrons. The summed E-state index contributed by atoms with van der Waals surface area (Å²) in [5.74, 6) is -0.309. The standard InChI is InChI=1S/C15H28O2/c1-6-12(3)10-8-9-11-15(4,5)13(7-2)14(16)17/h6,12-13H,1,7-11H2,2-5H3,(H,16,17). The zero-order valence-electron chi connectivity index (χ0n) is 11.8. The molecule has 0 aliphatic heterocycles. The minimum Gasteiger partial charge on any atom is -0.481 e. The van der Waals surface area contributed by atoms with Gasteiger partial charge in [-0.2, -0.15) is 0 Å². The average molecular weight is 240 g/mol. The number of carbonyl (C=O) groups is 1. The van der Waals surface area contributed by atoms with Gasteiger partial charge in [-0.1, -0.05) is 46.6 Å². The second-order valence-corrected chi connectivity index (χ2v) is 5.75. The minimum atomic E-state index is -0.656. The summed E-state index contributed by atoms with van der Waals surface area (Å²) in [4.78, 5) is 11.2. The predicted octanol–water partition coefficient (Wildman–Crippen LogP) is 4.51. The Kier molecular flexibility index (Phi) is 7.17. The molecule has 2 nitrogen and oxygen atoms in total. The Morgan fingerprint density at radius 1 is 1.41 bits per heavy atom. The molecule has 0 aromatic heterocycles. The maximum Gasteiger partial charge on any atom is 0.307 e. The maximum absolute atomic E-state index is 11.2. The number of unbranched alkanes of at least 4 members (excludes halogenated alkanes) is 1. The summed E-state index contributed by atoms with van der Waals surface area (Å²) >= 11 is 0. The van der Waals surface area contributed by atoms with Gasteiger partial charge in [-0.3, -0.25) is 4.79 Å². The molecule has 100 valence electrons. The highest BCUT2D eigenvalue weighted by atomic mass is 16.4. The molecule has 0 aromatic carbocycles. The molecular weight excluding hydrogens is 212 g/mol. The Morgan fingerprint density at radius 3 is 2.41 bits per heavy atom. The summed E-state index contributed by atoms with van der Waals surface area (Å²) in [6, 6.07) is 0. The van der Waals surface area contributed by atoms with Gasteiger partial charge in [0.2, 0.25) is 0 Å². The van der Waals surface area contributed by atoms with E-state index >= 15 is 0 Å². The van der Waals surface area contributed by atoms with Crippen LogP contribution in [0.15, 0.2) is 12.7 Å². The van der Waals surface area contributed by atoms with Gasteiger partial charge < -0.3 is 5.11 Å². The molecule has 0 heterocycles. The number of allylic oxidation sites excluding steroid dienone is 1. The van der Waals surface area contributed by atoms with E-state index in [4.69, 9.17) is 0 Å². The molecule has 0 bridgehead atoms. The van der Waals surface area contributed by atoms with Crippen molar-refractivity contribution in [2.45, 2.75) is 59.8 Å². The van der Waals surface area contributed by atoms with Crippen LogP contribution in [0.3, 0.4) is 0 Å². The third kappa shape index (κ3) is 5.90. The van der Waals surface area contributed by atoms with Crippen molar-refractivity contribution in [3.05, 3.63) is 12.7 Å². The second-order valence-electron chi connectivity index (χ2n) is 5.75. The van der Waals surface area contributed by atoms with Crippen molar-refractivity contribution < 1.29 is 9.90 Å². The molecule has 0 fully saturated rings. The number of hydrogen-bond donors (Lipinski definition) is 1. The molecule has 1 N–H and O–H groups in total. The third-order valence-electron chi connectivity index (χ3n) is 3.78. The largest absolute Gasteiger partial charge is 0.481 e. The van der Waals surface area contributed by atoms with Gasteiger partial charge in [0, 0.05) is 0 Å². The SMILES string of the molecule is C=CC(C)CCCCC(C)(C)C(CC)C(=O)O. The van der Waals surface area contributed by atoms with Crippen molar-refractivity contribution in [1.82, 2.24) is 0 Å². The first-order valence-electron chi connectivity index (χ1n) is 6.70. The predicted molar refractivity (Wildman–Crippen MR) is 73.0 cm³/mol. The van der Waals surface area contributed by atoms with Crippen LogP contribution in [0.25, 0.3) is 0 Å². The highest BCUT2D eigenvalue weighted by Gasteiger charge is 2.32. The van der Waals surface area contributed by atoms with Crippen LogP contribution in [-0.2, 0) is 4.79 Å². The highest BCUT2D eigenvalue weighted by molar-refractivity contribution is 5.70. The number of carboxylic acids is 1. The first-order chi connectivity index (χ1) is 7.85. The van der Waals surface area contributed by atoms with Crippen molar-refractivity contribution in [1.29, 1.82) is 0 Å². The van der Waals surface area contributed by atoms with Gasteiger partial charge in [0.1, 0.15) is 0 Å². The normalized spacial score (nSPS) is 15.3. The maximum atomic E-state index is 11.2. The van der Waals surface area contributed by atoms with Gasteiger partial charge in [-0.15, -0.1) is 6.58 Å². The fourth-order valence-electron chi connectivity index (χ4n) is 2.40. The van der Waals surface area contributed by atoms with Crippen molar-refractivity contribution in [3.8, 4) is 0 Å². The van der Waals surface area contributed by atoms with Crippen molar-refractivity contribution in [3.63, 3.8) is 0 Å². The summed E-state index contributed by atoms with van der Waals surface area (Å²) < 4.78 is 0. The number of rotatable bonds is 9. The quantitative estimate of drug-likeness (QED) is 0.475. The lowest BCUT2D eigenvalue weighted by Gasteiger charge is -2.31. The second kappa shape index (κ2) is 7.52. The van der Waals surface area contributed by atoms with E-state index in [2.05, 4.69) is 27.4 Å². The zero-order chi connectivity index (χ0) is 13.5. The van der Waals surface area contributed by atoms with E-state index in [0.29, 0.717) is 12.3 Å². The molecule has 0 saturated carbocycles. The first kappa shape index (κ1) is 16.2. The molecule has 17 heavy (non-hydrogen) atoms. The molecule has 0 rings (SSSR count). The topological polar surface area (TPSA) is 37.3 Å². The monoisotopic (exact) mass is 240 g/mol. The molecule has 0 saturated heterocycles. The number of carboxylic acid groups (broad SMARTS) is 1. The van der Waals surface area contributed by atoms with Crippen LogP contribution in [0.5, 0.6) is 0 Å². The highest BCUT2D eigenvalue weighted by Crippen LogP contribution is 2.35. The third-order valence-corrected chi connectivity index (χ3v) is 3.78. The summed E-state index contributed by atoms with van der Waals surface area (Å²) in [6.45, 7) is 12.1. The van der Waals surface area contributed by atoms with Gasteiger partial charge in [0.05, 0.1) is 5.92 Å². The van der Waals surface area contributed by atoms with Crippen LogP contribution >= 0.6 is 0 Å². The van der Waals surface area contributed by atoms with Crippen LogP contribution in [0.4, 0.5) is 0 Å². The van der Waals surface area contributed by atoms with Crippen LogP contribution in [-0.4, -0.2) is 11.1 Å². The Morgan fingerprint density at radius 2 is 2.00 bits per heavy atom. The lowest BCUT2D eigenvalue weighted by Crippen LogP contribution is -2.30. The fraction of sp³-hybridized carbons (Fsp3) is 0.800. The van der Waals surface area contributed by atoms with E-state index < -0.39 is 5.97 Å². The van der Waals surface area contributed by atoms with Gasteiger partial charge >= 0.3 is 5.97 Å². The lowest BCUT2D eigenvalue weighted by atomic mass is 9.73. The van der Waals surface area contributed by atoms with E-state index in [-0.39, 0.29) is 11.3 Å². The molecule has 0 amide bonds. The zero-order valence-corrected chi connectivity index (χ0v) is 11.8. The summed E-state index contributed by atoms with van der Waals surface area (Å²) in [5.41, 5.74) is -0.0992. The van der Waals surface area contributed by atoms with Gasteiger partial charge in [-0.05, 0) is 30.6 Å². The fourth-order valence-corrected chi connectivity index (χ4v) is 2.40. The Balaban J connectivity index is 4.08. The van der Waals surface area contributed by atoms with E-state index in [1.807, 2.05) is 13.0 Å². The van der Waals surface area contributed by atoms with Crippen LogP contribution in [0.1, 0.15) is 59.8 Å². The van der Waals surface area contributed by atoms with Crippen molar-refractivity contribution >= 4 is 5.97 Å².